The van der Waals surface area contributed by atoms with Gasteiger partial charge in [0.1, 0.15) is 55.4 Å². The van der Waals surface area contributed by atoms with Crippen molar-refractivity contribution in [1.82, 2.24) is 0 Å². The lowest BCUT2D eigenvalue weighted by molar-refractivity contribution is -0.386. The fourth-order valence-electron chi connectivity index (χ4n) is 5.91. The van der Waals surface area contributed by atoms with Crippen LogP contribution in [0.3, 0.4) is 0 Å². The number of nitrogens with one attached hydrogen (secondary N) is 1. The van der Waals surface area contributed by atoms with E-state index in [1.807, 2.05) is 18.2 Å². The topological polar surface area (TPSA) is 192 Å². The van der Waals surface area contributed by atoms with E-state index in [1.54, 1.807) is 60.7 Å². The summed E-state index contributed by atoms with van der Waals surface area (Å²) >= 11 is 6.17. The van der Waals surface area contributed by atoms with Crippen molar-refractivity contribution in [2.45, 2.75) is 81.2 Å². The van der Waals surface area contributed by atoms with Crippen LogP contribution in [0.15, 0.2) is 78.9 Å². The van der Waals surface area contributed by atoms with Gasteiger partial charge < -0.3 is 58.9 Å². The van der Waals surface area contributed by atoms with Gasteiger partial charge in [0.25, 0.3) is 0 Å². The summed E-state index contributed by atoms with van der Waals surface area (Å²) in [7, 11) is 0. The Morgan fingerprint density at radius 2 is 1.56 bits per heavy atom. The quantitative estimate of drug-likeness (QED) is 0.192. The zero-order valence-electron chi connectivity index (χ0n) is 26.8. The predicted octanol–water partition coefficient (Wildman–Crippen LogP) is 2.06. The number of hydrogen-bond donors (Lipinski definition) is 5. The molecule has 3 saturated heterocycles. The number of aliphatic hydroxyl groups excluding tert-OH is 4. The first-order chi connectivity index (χ1) is 24.1. The average molecular weight is 716 g/mol. The molecule has 1 unspecified atom stereocenters. The van der Waals surface area contributed by atoms with E-state index >= 15 is 0 Å². The molecule has 5 N–H and O–H groups in total. The highest BCUT2D eigenvalue weighted by Crippen LogP contribution is 2.36. The van der Waals surface area contributed by atoms with Crippen LogP contribution in [-0.2, 0) is 44.6 Å². The Morgan fingerprint density at radius 1 is 0.860 bits per heavy atom. The third kappa shape index (κ3) is 8.33. The Bertz CT molecular complexity index is 1600. The van der Waals surface area contributed by atoms with Gasteiger partial charge >= 0.3 is 5.97 Å². The van der Waals surface area contributed by atoms with Crippen LogP contribution in [0.2, 0.25) is 5.02 Å². The SMILES string of the molecule is CC(=O)Nc1cc(CO[C@@H]2O[C@H](COC(=O)c3ccccc3)[C@@H](O[C@H]3O[C@@H]4COC(c5ccccc5)O[C@H]4[C@H](O)[C@H]3O)[C@H](O)[C@H]2O)ccc1Cl. The number of rotatable bonds is 10. The number of fused-ring (bicyclic) bond motifs is 1. The van der Waals surface area contributed by atoms with Crippen molar-refractivity contribution in [3.05, 3.63) is 101 Å². The molecule has 0 aliphatic carbocycles. The molecular weight excluding hydrogens is 678 g/mol. The summed E-state index contributed by atoms with van der Waals surface area (Å²) in [5, 5.41) is 47.5. The van der Waals surface area contributed by atoms with E-state index < -0.39 is 80.3 Å². The molecule has 3 fully saturated rings. The summed E-state index contributed by atoms with van der Waals surface area (Å²) in [6, 6.07) is 22.1. The van der Waals surface area contributed by atoms with Crippen molar-refractivity contribution < 1.29 is 63.2 Å². The normalized spacial score (nSPS) is 32.5. The number of esters is 1. The number of carbonyl (C=O) groups excluding carboxylic acids is 2. The minimum Gasteiger partial charge on any atom is -0.459 e. The molecule has 3 aromatic carbocycles. The van der Waals surface area contributed by atoms with Crippen molar-refractivity contribution in [1.29, 1.82) is 0 Å². The van der Waals surface area contributed by atoms with Crippen molar-refractivity contribution in [3.63, 3.8) is 0 Å². The number of halogens is 1. The van der Waals surface area contributed by atoms with Gasteiger partial charge in [0.2, 0.25) is 5.91 Å². The first-order valence-electron chi connectivity index (χ1n) is 16.0. The molecule has 3 aromatic rings. The molecule has 3 heterocycles. The molecule has 6 rings (SSSR count). The van der Waals surface area contributed by atoms with Gasteiger partial charge in [0, 0.05) is 12.5 Å². The number of amides is 1. The highest BCUT2D eigenvalue weighted by atomic mass is 35.5. The molecule has 3 aliphatic heterocycles. The average Bonchev–Trinajstić information content (AvgIpc) is 3.13. The Balaban J connectivity index is 1.16. The van der Waals surface area contributed by atoms with Crippen molar-refractivity contribution in [2.75, 3.05) is 18.5 Å². The summed E-state index contributed by atoms with van der Waals surface area (Å²) < 4.78 is 41.1. The molecule has 0 bridgehead atoms. The van der Waals surface area contributed by atoms with E-state index in [4.69, 9.17) is 44.8 Å². The van der Waals surface area contributed by atoms with Gasteiger partial charge in [0.05, 0.1) is 29.5 Å². The summed E-state index contributed by atoms with van der Waals surface area (Å²) in [6.45, 7) is 0.731. The van der Waals surface area contributed by atoms with Crippen LogP contribution in [0.25, 0.3) is 0 Å². The molecule has 14 nitrogen and oxygen atoms in total. The molecule has 268 valence electrons. The van der Waals surface area contributed by atoms with Crippen molar-refractivity contribution >= 4 is 29.2 Å². The molecule has 11 atom stereocenters. The van der Waals surface area contributed by atoms with Gasteiger partial charge in [-0.1, -0.05) is 66.2 Å². The zero-order valence-corrected chi connectivity index (χ0v) is 27.6. The second-order valence-electron chi connectivity index (χ2n) is 12.1. The number of benzene rings is 3. The van der Waals surface area contributed by atoms with Crippen LogP contribution < -0.4 is 5.32 Å². The van der Waals surface area contributed by atoms with Gasteiger partial charge in [-0.05, 0) is 29.8 Å². The van der Waals surface area contributed by atoms with E-state index in [0.717, 1.165) is 5.56 Å². The fourth-order valence-corrected chi connectivity index (χ4v) is 6.08. The van der Waals surface area contributed by atoms with Crippen LogP contribution in [0, 0.1) is 0 Å². The Morgan fingerprint density at radius 3 is 2.28 bits per heavy atom. The van der Waals surface area contributed by atoms with Crippen LogP contribution in [0.4, 0.5) is 5.69 Å². The number of carbonyl (C=O) groups is 2. The minimum atomic E-state index is -1.71. The maximum Gasteiger partial charge on any atom is 0.338 e. The summed E-state index contributed by atoms with van der Waals surface area (Å²) in [6.07, 6.45) is -14.8. The molecule has 1 amide bonds. The molecule has 0 spiro atoms. The van der Waals surface area contributed by atoms with E-state index in [-0.39, 0.29) is 24.7 Å². The molecule has 15 heteroatoms. The number of anilines is 1. The van der Waals surface area contributed by atoms with E-state index in [1.165, 1.54) is 6.92 Å². The highest BCUT2D eigenvalue weighted by molar-refractivity contribution is 6.33. The van der Waals surface area contributed by atoms with Crippen LogP contribution in [-0.4, -0.2) is 107 Å². The van der Waals surface area contributed by atoms with Crippen LogP contribution >= 0.6 is 11.6 Å². The summed E-state index contributed by atoms with van der Waals surface area (Å²) in [4.78, 5) is 24.4. The van der Waals surface area contributed by atoms with Gasteiger partial charge in [-0.2, -0.15) is 0 Å². The Labute approximate surface area is 292 Å². The fraction of sp³-hybridized carbons (Fsp3) is 0.429. The van der Waals surface area contributed by atoms with Crippen molar-refractivity contribution in [2.24, 2.45) is 0 Å². The van der Waals surface area contributed by atoms with Crippen molar-refractivity contribution in [3.8, 4) is 0 Å². The number of hydrogen-bond acceptors (Lipinski definition) is 13. The zero-order chi connectivity index (χ0) is 35.4. The number of aliphatic hydroxyl groups is 4. The first kappa shape index (κ1) is 36.3. The first-order valence-corrected chi connectivity index (χ1v) is 16.4. The van der Waals surface area contributed by atoms with Gasteiger partial charge in [-0.25, -0.2) is 4.79 Å². The lowest BCUT2D eigenvalue weighted by Crippen LogP contribution is -2.66. The monoisotopic (exact) mass is 715 g/mol. The largest absolute Gasteiger partial charge is 0.459 e. The Hall–Kier alpha value is -3.51. The molecule has 0 aromatic heterocycles. The van der Waals surface area contributed by atoms with Crippen LogP contribution in [0.1, 0.15) is 34.7 Å². The summed E-state index contributed by atoms with van der Waals surface area (Å²) in [5.41, 5.74) is 1.89. The second kappa shape index (κ2) is 16.2. The lowest BCUT2D eigenvalue weighted by atomic mass is 9.96. The molecular formula is C35H38ClNO13. The molecule has 0 saturated carbocycles. The Kier molecular flexibility index (Phi) is 11.8. The molecule has 0 radical (unpaired) electrons. The predicted molar refractivity (Wildman–Crippen MR) is 173 cm³/mol. The van der Waals surface area contributed by atoms with E-state index in [9.17, 15) is 30.0 Å². The maximum atomic E-state index is 12.8. The van der Waals surface area contributed by atoms with Gasteiger partial charge in [-0.3, -0.25) is 4.79 Å². The van der Waals surface area contributed by atoms with E-state index in [2.05, 4.69) is 5.32 Å². The standard InChI is InChI=1S/C35H38ClNO13/c1-18(38)37-23-14-19(12-13-22(23)36)15-45-34-28(41)26(39)31(24(47-34)16-44-32(43)20-8-4-2-5-9-20)50-35-29(42)27(40)30-25(48-35)17-46-33(49-30)21-10-6-3-7-11-21/h2-14,24-31,33-35,39-42H,15-17H2,1H3,(H,37,38)/t24-,25-,26-,27-,28-,29-,30-,31-,33?,34-,35-/m1/s1. The second-order valence-corrected chi connectivity index (χ2v) is 12.5. The van der Waals surface area contributed by atoms with Gasteiger partial charge in [0.15, 0.2) is 18.9 Å². The lowest BCUT2D eigenvalue weighted by Gasteiger charge is -2.48. The van der Waals surface area contributed by atoms with Crippen LogP contribution in [0.5, 0.6) is 0 Å². The molecule has 3 aliphatic rings. The smallest absolute Gasteiger partial charge is 0.338 e. The number of ether oxygens (including phenoxy) is 7. The van der Waals surface area contributed by atoms with E-state index in [0.29, 0.717) is 16.3 Å². The summed E-state index contributed by atoms with van der Waals surface area (Å²) in [5.74, 6) is -1.01. The van der Waals surface area contributed by atoms with Gasteiger partial charge in [-0.15, -0.1) is 0 Å². The molecule has 50 heavy (non-hydrogen) atoms. The third-order valence-corrected chi connectivity index (χ3v) is 8.81. The maximum absolute atomic E-state index is 12.8. The minimum absolute atomic E-state index is 0.0113. The third-order valence-electron chi connectivity index (χ3n) is 8.48. The highest BCUT2D eigenvalue weighted by Gasteiger charge is 2.53.